The summed E-state index contributed by atoms with van der Waals surface area (Å²) in [6, 6.07) is 12.5. The van der Waals surface area contributed by atoms with Gasteiger partial charge < -0.3 is 14.1 Å². The first kappa shape index (κ1) is 32.5. The van der Waals surface area contributed by atoms with Crippen molar-refractivity contribution in [2.24, 2.45) is 17.3 Å². The lowest BCUT2D eigenvalue weighted by atomic mass is 9.90. The third kappa shape index (κ3) is 6.90. The van der Waals surface area contributed by atoms with E-state index in [2.05, 4.69) is 9.71 Å². The molecule has 0 spiro atoms. The van der Waals surface area contributed by atoms with Crippen molar-refractivity contribution < 1.29 is 36.3 Å². The van der Waals surface area contributed by atoms with E-state index in [1.807, 2.05) is 24.3 Å². The third-order valence-electron chi connectivity index (χ3n) is 10.2. The van der Waals surface area contributed by atoms with Crippen LogP contribution in [0.4, 0.5) is 4.39 Å². The normalized spacial score (nSPS) is 29.0. The molecule has 2 amide bonds. The predicted octanol–water partition coefficient (Wildman–Crippen LogP) is 5.27. The van der Waals surface area contributed by atoms with Crippen LogP contribution in [0.1, 0.15) is 69.8 Å². The standard InChI is InChI=1S/C36H40FN3O7S/c37-26-12-8-9-23(18-26)17-24-10-4-2-1-3-5-11-25-20-36(25,34(43)39-48(44,45)28-15-16-28)21-31(41)30-19-27(22-40(30)33(24)42)46-35-38-29-13-6-7-14-32(29)47-35/h5-9,11-14,18,24-25,27-28,30H,1-4,10,15-17,19-22H2,(H,39,43)/b11-5-/t24-,25-,27-,30+,36-/m1/s1. The van der Waals surface area contributed by atoms with E-state index in [1.54, 1.807) is 29.2 Å². The van der Waals surface area contributed by atoms with Crippen molar-refractivity contribution in [2.45, 2.75) is 88.0 Å². The molecule has 5 atom stereocenters. The lowest BCUT2D eigenvalue weighted by Crippen LogP contribution is -2.46. The number of fused-ring (bicyclic) bond motifs is 3. The number of carbonyl (C=O) groups excluding carboxylic acids is 3. The molecular weight excluding hydrogens is 637 g/mol. The molecule has 1 aromatic heterocycles. The number of carbonyl (C=O) groups is 3. The Morgan fingerprint density at radius 2 is 1.92 bits per heavy atom. The molecule has 0 unspecified atom stereocenters. The average Bonchev–Trinajstić information content (AvgIpc) is 3.94. The summed E-state index contributed by atoms with van der Waals surface area (Å²) in [4.78, 5) is 48.3. The molecule has 2 aliphatic heterocycles. The molecular formula is C36H40FN3O7S. The molecule has 1 N–H and O–H groups in total. The zero-order valence-electron chi connectivity index (χ0n) is 26.7. The molecule has 254 valence electrons. The number of oxazole rings is 1. The maximum absolute atomic E-state index is 14.4. The molecule has 2 aromatic carbocycles. The fourth-order valence-corrected chi connectivity index (χ4v) is 8.70. The van der Waals surface area contributed by atoms with Gasteiger partial charge in [-0.05, 0) is 80.7 Å². The van der Waals surface area contributed by atoms with E-state index in [1.165, 1.54) is 12.1 Å². The molecule has 3 heterocycles. The van der Waals surface area contributed by atoms with Gasteiger partial charge in [-0.25, -0.2) is 12.8 Å². The van der Waals surface area contributed by atoms with Crippen LogP contribution in [0.25, 0.3) is 11.1 Å². The number of nitrogens with one attached hydrogen (secondary N) is 1. The second kappa shape index (κ2) is 13.1. The number of Topliss-reactive ketones (excluding diaryl/α,β-unsaturated/α-hetero) is 1. The maximum Gasteiger partial charge on any atom is 0.394 e. The highest BCUT2D eigenvalue weighted by atomic mass is 32.2. The van der Waals surface area contributed by atoms with Gasteiger partial charge in [0.15, 0.2) is 11.4 Å². The number of allylic oxidation sites excluding steroid dienone is 2. The number of sulfonamides is 1. The van der Waals surface area contributed by atoms with Gasteiger partial charge in [-0.2, -0.15) is 4.98 Å². The molecule has 4 aliphatic rings. The summed E-state index contributed by atoms with van der Waals surface area (Å²) in [6.07, 6.45) is 8.91. The Labute approximate surface area is 279 Å². The number of hydrogen-bond donors (Lipinski definition) is 1. The Morgan fingerprint density at radius 3 is 2.71 bits per heavy atom. The molecule has 3 fully saturated rings. The number of benzene rings is 2. The monoisotopic (exact) mass is 677 g/mol. The third-order valence-corrected chi connectivity index (χ3v) is 12.1. The van der Waals surface area contributed by atoms with Gasteiger partial charge in [0, 0.05) is 18.8 Å². The molecule has 7 rings (SSSR count). The number of para-hydroxylation sites is 2. The first-order valence-corrected chi connectivity index (χ1v) is 18.5. The minimum Gasteiger partial charge on any atom is -0.445 e. The number of rotatable bonds is 7. The van der Waals surface area contributed by atoms with Gasteiger partial charge in [-0.3, -0.25) is 19.1 Å². The van der Waals surface area contributed by atoms with Crippen LogP contribution in [-0.4, -0.2) is 59.8 Å². The molecule has 0 bridgehead atoms. The number of ketones is 1. The Morgan fingerprint density at radius 1 is 1.08 bits per heavy atom. The highest BCUT2D eigenvalue weighted by Crippen LogP contribution is 2.57. The van der Waals surface area contributed by atoms with E-state index in [0.717, 1.165) is 25.7 Å². The number of nitrogens with zero attached hydrogens (tertiary/aromatic N) is 2. The van der Waals surface area contributed by atoms with Crippen molar-refractivity contribution >= 4 is 38.7 Å². The molecule has 10 nitrogen and oxygen atoms in total. The van der Waals surface area contributed by atoms with Crippen LogP contribution in [0.3, 0.4) is 0 Å². The molecule has 1 saturated heterocycles. The number of halogens is 1. The van der Waals surface area contributed by atoms with Gasteiger partial charge in [0.05, 0.1) is 23.3 Å². The highest BCUT2D eigenvalue weighted by molar-refractivity contribution is 7.90. The maximum atomic E-state index is 14.4. The van der Waals surface area contributed by atoms with Crippen LogP contribution >= 0.6 is 0 Å². The largest absolute Gasteiger partial charge is 0.445 e. The fourth-order valence-electron chi connectivity index (χ4n) is 7.31. The van der Waals surface area contributed by atoms with Crippen LogP contribution in [0, 0.1) is 23.1 Å². The summed E-state index contributed by atoms with van der Waals surface area (Å²) in [6.45, 7) is 0.103. The number of ether oxygens (including phenoxy) is 1. The van der Waals surface area contributed by atoms with Crippen LogP contribution in [-0.2, 0) is 30.8 Å². The molecule has 2 saturated carbocycles. The minimum absolute atomic E-state index is 0.0358. The van der Waals surface area contributed by atoms with E-state index >= 15 is 0 Å². The van der Waals surface area contributed by atoms with Crippen molar-refractivity contribution in [2.75, 3.05) is 6.54 Å². The van der Waals surface area contributed by atoms with E-state index in [4.69, 9.17) is 9.15 Å². The van der Waals surface area contributed by atoms with Gasteiger partial charge in [-0.1, -0.05) is 49.3 Å². The van der Waals surface area contributed by atoms with Crippen molar-refractivity contribution in [1.29, 1.82) is 0 Å². The van der Waals surface area contributed by atoms with Crippen molar-refractivity contribution in [3.8, 4) is 6.08 Å². The highest BCUT2D eigenvalue weighted by Gasteiger charge is 2.61. The summed E-state index contributed by atoms with van der Waals surface area (Å²) < 4.78 is 53.9. The summed E-state index contributed by atoms with van der Waals surface area (Å²) in [5, 5.41) is -0.578. The van der Waals surface area contributed by atoms with Crippen molar-refractivity contribution in [3.63, 3.8) is 0 Å². The molecule has 3 aromatic rings. The molecule has 2 aliphatic carbocycles. The second-order valence-corrected chi connectivity index (χ2v) is 15.8. The van der Waals surface area contributed by atoms with Gasteiger partial charge >= 0.3 is 6.08 Å². The first-order chi connectivity index (χ1) is 23.1. The summed E-state index contributed by atoms with van der Waals surface area (Å²) in [7, 11) is -3.81. The molecule has 0 radical (unpaired) electrons. The van der Waals surface area contributed by atoms with Gasteiger partial charge in [0.25, 0.3) is 0 Å². The van der Waals surface area contributed by atoms with Crippen LogP contribution < -0.4 is 9.46 Å². The van der Waals surface area contributed by atoms with Gasteiger partial charge in [-0.15, -0.1) is 0 Å². The topological polar surface area (TPSA) is 136 Å². The van der Waals surface area contributed by atoms with E-state index < -0.39 is 44.7 Å². The second-order valence-electron chi connectivity index (χ2n) is 13.8. The van der Waals surface area contributed by atoms with Crippen LogP contribution in [0.15, 0.2) is 65.1 Å². The Bertz CT molecular complexity index is 1820. The van der Waals surface area contributed by atoms with Crippen molar-refractivity contribution in [3.05, 3.63) is 72.1 Å². The van der Waals surface area contributed by atoms with Crippen molar-refractivity contribution in [1.82, 2.24) is 14.6 Å². The first-order valence-electron chi connectivity index (χ1n) is 16.9. The summed E-state index contributed by atoms with van der Waals surface area (Å²) in [5.74, 6) is -2.35. The van der Waals surface area contributed by atoms with E-state index in [-0.39, 0.29) is 48.9 Å². The Kier molecular flexibility index (Phi) is 8.86. The Balaban J connectivity index is 1.18. The number of amides is 2. The van der Waals surface area contributed by atoms with Crippen LogP contribution in [0.5, 0.6) is 6.08 Å². The smallest absolute Gasteiger partial charge is 0.394 e. The fraction of sp³-hybridized carbons (Fsp3) is 0.500. The molecule has 48 heavy (non-hydrogen) atoms. The lowest BCUT2D eigenvalue weighted by Gasteiger charge is -2.29. The van der Waals surface area contributed by atoms with E-state index in [9.17, 15) is 27.2 Å². The lowest BCUT2D eigenvalue weighted by molar-refractivity contribution is -0.142. The zero-order chi connectivity index (χ0) is 33.5. The quantitative estimate of drug-likeness (QED) is 0.335. The van der Waals surface area contributed by atoms with E-state index in [0.29, 0.717) is 48.8 Å². The summed E-state index contributed by atoms with van der Waals surface area (Å²) in [5.41, 5.74) is 0.656. The van der Waals surface area contributed by atoms with Gasteiger partial charge in [0.2, 0.25) is 21.8 Å². The Hall–Kier alpha value is -4.06. The number of aromatic nitrogens is 1. The predicted molar refractivity (Wildman–Crippen MR) is 175 cm³/mol. The minimum atomic E-state index is -3.81. The zero-order valence-corrected chi connectivity index (χ0v) is 27.5. The molecule has 12 heteroatoms. The average molecular weight is 678 g/mol. The summed E-state index contributed by atoms with van der Waals surface area (Å²) >= 11 is 0. The van der Waals surface area contributed by atoms with Crippen LogP contribution in [0.2, 0.25) is 0 Å². The SMILES string of the molecule is O=C1C[C@]2(C(=O)NS(=O)(=O)C3CC3)C[C@H]2/C=C\CCCCC[C@H](Cc2cccc(F)c2)C(=O)N2C[C@H](Oc3nc4ccccc4o3)C[C@@H]12. The number of hydrogen-bond acceptors (Lipinski definition) is 8. The van der Waals surface area contributed by atoms with Gasteiger partial charge in [0.1, 0.15) is 17.4 Å².